The molecule has 0 aromatic heterocycles. The number of nitrogens with zero attached hydrogens (tertiary/aromatic N) is 2. The molecule has 0 aromatic rings. The number of hydrogen-bond acceptors (Lipinski definition) is 3. The molecule has 1 aliphatic rings. The Balaban J connectivity index is 3.27. The first kappa shape index (κ1) is 14.1. The number of carbonyl (C=O) groups is 2. The van der Waals surface area contributed by atoms with Crippen molar-refractivity contribution in [1.82, 2.24) is 9.96 Å². The predicted molar refractivity (Wildman–Crippen MR) is 62.0 cm³/mol. The fourth-order valence-electron chi connectivity index (χ4n) is 2.06. The molecule has 0 bridgehead atoms. The molecule has 5 heteroatoms. The minimum Gasteiger partial charge on any atom is -0.274 e. The molecular weight excluding hydrogens is 220 g/mol. The predicted octanol–water partition coefficient (Wildman–Crippen LogP) is 1.56. The van der Waals surface area contributed by atoms with E-state index in [1.54, 1.807) is 48.5 Å². The lowest BCUT2D eigenvalue weighted by Crippen LogP contribution is -2.53. The number of hydroxylamine groups is 2. The molecule has 17 heavy (non-hydrogen) atoms. The van der Waals surface area contributed by atoms with Crippen LogP contribution in [0.25, 0.3) is 0 Å². The van der Waals surface area contributed by atoms with Crippen LogP contribution in [0.3, 0.4) is 0 Å². The average molecular weight is 241 g/mol. The van der Waals surface area contributed by atoms with Crippen LogP contribution in [0.5, 0.6) is 0 Å². The van der Waals surface area contributed by atoms with E-state index < -0.39 is 22.5 Å². The Labute approximate surface area is 102 Å². The summed E-state index contributed by atoms with van der Waals surface area (Å²) in [5.74, 6) is -0.753. The highest BCUT2D eigenvalue weighted by Gasteiger charge is 2.60. The minimum atomic E-state index is -1.19. The van der Waals surface area contributed by atoms with Crippen molar-refractivity contribution in [2.45, 2.75) is 59.7 Å². The van der Waals surface area contributed by atoms with Crippen molar-refractivity contribution in [1.29, 1.82) is 0 Å². The van der Waals surface area contributed by atoms with Gasteiger partial charge in [-0.25, -0.2) is 0 Å². The van der Waals surface area contributed by atoms with E-state index in [9.17, 15) is 14.8 Å². The third-order valence-corrected chi connectivity index (χ3v) is 3.12. The smallest absolute Gasteiger partial charge is 0.253 e. The summed E-state index contributed by atoms with van der Waals surface area (Å²) in [6, 6.07) is 0. The Morgan fingerprint density at radius 3 is 1.76 bits per heavy atom. The summed E-state index contributed by atoms with van der Waals surface area (Å²) in [4.78, 5) is 25.6. The molecule has 2 amide bonds. The lowest BCUT2D eigenvalue weighted by atomic mass is 9.93. The molecule has 1 fully saturated rings. The zero-order valence-electron chi connectivity index (χ0n) is 11.6. The van der Waals surface area contributed by atoms with Gasteiger partial charge in [0.05, 0.1) is 0 Å². The highest BCUT2D eigenvalue weighted by atomic mass is 16.5. The second kappa shape index (κ2) is 3.53. The monoisotopic (exact) mass is 241 g/mol. The van der Waals surface area contributed by atoms with E-state index in [1.165, 1.54) is 0 Å². The van der Waals surface area contributed by atoms with Crippen LogP contribution < -0.4 is 0 Å². The molecule has 1 aliphatic heterocycles. The molecule has 97 valence electrons. The highest BCUT2D eigenvalue weighted by Crippen LogP contribution is 2.39. The Kier molecular flexibility index (Phi) is 2.93. The van der Waals surface area contributed by atoms with Gasteiger partial charge in [-0.3, -0.25) is 14.5 Å². The number of carbonyl (C=O) groups excluding carboxylic acids is 2. The van der Waals surface area contributed by atoms with Crippen molar-refractivity contribution in [3.05, 3.63) is 0 Å². The van der Waals surface area contributed by atoms with Gasteiger partial charge >= 0.3 is 0 Å². The molecular formula is C12H21N2O3. The molecule has 1 radical (unpaired) electrons. The van der Waals surface area contributed by atoms with Crippen molar-refractivity contribution in [2.75, 3.05) is 0 Å². The largest absolute Gasteiger partial charge is 0.274 e. The molecule has 0 spiro atoms. The zero-order chi connectivity index (χ0) is 13.8. The van der Waals surface area contributed by atoms with E-state index in [2.05, 4.69) is 0 Å². The molecule has 0 atom stereocenters. The van der Waals surface area contributed by atoms with E-state index in [0.717, 1.165) is 4.90 Å². The minimum absolute atomic E-state index is 0.320. The van der Waals surface area contributed by atoms with E-state index in [1.807, 2.05) is 0 Å². The number of hydrogen-bond donors (Lipinski definition) is 0. The fraction of sp³-hybridized carbons (Fsp3) is 0.833. The van der Waals surface area contributed by atoms with Gasteiger partial charge in [0.1, 0.15) is 11.2 Å². The van der Waals surface area contributed by atoms with Crippen LogP contribution in [0.2, 0.25) is 0 Å². The van der Waals surface area contributed by atoms with E-state index in [4.69, 9.17) is 0 Å². The lowest BCUT2D eigenvalue weighted by molar-refractivity contribution is -0.258. The van der Waals surface area contributed by atoms with Crippen molar-refractivity contribution in [2.24, 2.45) is 5.41 Å². The normalized spacial score (nSPS) is 24.2. The Hall–Kier alpha value is -0.940. The summed E-state index contributed by atoms with van der Waals surface area (Å²) in [5, 5.41) is 12.8. The topological polar surface area (TPSA) is 60.5 Å². The van der Waals surface area contributed by atoms with E-state index in [-0.39, 0.29) is 5.91 Å². The second-order valence-electron chi connectivity index (χ2n) is 6.54. The summed E-state index contributed by atoms with van der Waals surface area (Å²) in [7, 11) is 0. The van der Waals surface area contributed by atoms with Gasteiger partial charge < -0.3 is 0 Å². The number of imide groups is 1. The van der Waals surface area contributed by atoms with Gasteiger partial charge in [0.25, 0.3) is 5.91 Å². The molecule has 0 unspecified atom stereocenters. The third-order valence-electron chi connectivity index (χ3n) is 3.12. The van der Waals surface area contributed by atoms with Crippen LogP contribution in [0.15, 0.2) is 0 Å². The van der Waals surface area contributed by atoms with Gasteiger partial charge in [-0.05, 0) is 27.7 Å². The van der Waals surface area contributed by atoms with Gasteiger partial charge in [-0.2, -0.15) is 0 Å². The van der Waals surface area contributed by atoms with Crippen LogP contribution >= 0.6 is 0 Å². The highest BCUT2D eigenvalue weighted by molar-refractivity contribution is 6.03. The summed E-state index contributed by atoms with van der Waals surface area (Å²) in [6.45, 7) is 11.5. The zero-order valence-corrected chi connectivity index (χ0v) is 11.6. The maximum absolute atomic E-state index is 12.3. The van der Waals surface area contributed by atoms with Gasteiger partial charge in [0, 0.05) is 5.41 Å². The maximum Gasteiger partial charge on any atom is 0.253 e. The molecule has 0 aliphatic carbocycles. The summed E-state index contributed by atoms with van der Waals surface area (Å²) in [6.07, 6.45) is 0. The van der Waals surface area contributed by atoms with Gasteiger partial charge in [-0.15, -0.1) is 10.3 Å². The van der Waals surface area contributed by atoms with Gasteiger partial charge in [0.2, 0.25) is 5.91 Å². The van der Waals surface area contributed by atoms with Crippen molar-refractivity contribution < 1.29 is 14.8 Å². The molecule has 1 rings (SSSR count). The first-order chi connectivity index (χ1) is 7.34. The summed E-state index contributed by atoms with van der Waals surface area (Å²) < 4.78 is 0. The van der Waals surface area contributed by atoms with E-state index >= 15 is 0 Å². The van der Waals surface area contributed by atoms with Crippen molar-refractivity contribution in [3.63, 3.8) is 0 Å². The number of rotatable bonds is 0. The maximum atomic E-state index is 12.3. The van der Waals surface area contributed by atoms with Crippen LogP contribution in [-0.4, -0.2) is 33.0 Å². The van der Waals surface area contributed by atoms with Crippen molar-refractivity contribution >= 4 is 11.8 Å². The molecule has 0 saturated carbocycles. The Morgan fingerprint density at radius 2 is 1.53 bits per heavy atom. The van der Waals surface area contributed by atoms with Gasteiger partial charge in [0.15, 0.2) is 0 Å². The van der Waals surface area contributed by atoms with Crippen LogP contribution in [0.1, 0.15) is 48.5 Å². The third kappa shape index (κ3) is 1.87. The molecule has 1 heterocycles. The average Bonchev–Trinajstić information content (AvgIpc) is 2.24. The van der Waals surface area contributed by atoms with Crippen LogP contribution in [-0.2, 0) is 14.8 Å². The van der Waals surface area contributed by atoms with Crippen LogP contribution in [0.4, 0.5) is 0 Å². The first-order valence-corrected chi connectivity index (χ1v) is 5.71. The Morgan fingerprint density at radius 1 is 1.12 bits per heavy atom. The molecule has 0 N–H and O–H groups in total. The molecule has 5 nitrogen and oxygen atoms in total. The second-order valence-corrected chi connectivity index (χ2v) is 6.54. The Bertz CT molecular complexity index is 358. The molecule has 1 saturated heterocycles. The fourth-order valence-corrected chi connectivity index (χ4v) is 2.06. The van der Waals surface area contributed by atoms with E-state index in [0.29, 0.717) is 5.06 Å². The van der Waals surface area contributed by atoms with Gasteiger partial charge in [-0.1, -0.05) is 20.8 Å². The SMILES string of the molecule is CC(C)(C)C(=O)N1C(=O)C(C)(C)N([O])C1(C)C. The van der Waals surface area contributed by atoms with Crippen molar-refractivity contribution in [3.8, 4) is 0 Å². The first-order valence-electron chi connectivity index (χ1n) is 5.71. The summed E-state index contributed by atoms with van der Waals surface area (Å²) in [5.41, 5.74) is -3.01. The van der Waals surface area contributed by atoms with Crippen LogP contribution in [0, 0.1) is 5.41 Å². The summed E-state index contributed by atoms with van der Waals surface area (Å²) >= 11 is 0. The number of amides is 2. The standard InChI is InChI=1S/C12H21N2O3/c1-10(2,3)8(15)13-9(16)11(4,5)14(17)12(13,6)7/h1-7H3. The molecule has 0 aromatic carbocycles. The lowest BCUT2D eigenvalue weighted by Gasteiger charge is -2.35. The quantitative estimate of drug-likeness (QED) is 0.646.